The lowest BCUT2D eigenvalue weighted by molar-refractivity contribution is -0.141. The average molecular weight is 344 g/mol. The molecule has 24 heavy (non-hydrogen) atoms. The fourth-order valence-electron chi connectivity index (χ4n) is 3.22. The van der Waals surface area contributed by atoms with Gasteiger partial charge >= 0.3 is 0 Å². The topological polar surface area (TPSA) is 55.3 Å². The second kappa shape index (κ2) is 6.49. The predicted molar refractivity (Wildman–Crippen MR) is 90.6 cm³/mol. The highest BCUT2D eigenvalue weighted by molar-refractivity contribution is 6.30. The Bertz CT molecular complexity index is 757. The van der Waals surface area contributed by atoms with Gasteiger partial charge in [-0.05, 0) is 37.1 Å². The Morgan fingerprint density at radius 2 is 2.12 bits per heavy atom. The maximum atomic E-state index is 12.5. The summed E-state index contributed by atoms with van der Waals surface area (Å²) in [6.07, 6.45) is 4.11. The summed E-state index contributed by atoms with van der Waals surface area (Å²) in [5.41, 5.74) is 2.98. The summed E-state index contributed by atoms with van der Waals surface area (Å²) in [6.45, 7) is 1.94. The van der Waals surface area contributed by atoms with Gasteiger partial charge in [0.15, 0.2) is 5.82 Å². The van der Waals surface area contributed by atoms with Crippen LogP contribution in [0.4, 0.5) is 0 Å². The summed E-state index contributed by atoms with van der Waals surface area (Å²) < 4.78 is 5.51. The summed E-state index contributed by atoms with van der Waals surface area (Å²) in [7, 11) is 0. The third kappa shape index (κ3) is 3.01. The highest BCUT2D eigenvalue weighted by Gasteiger charge is 2.30. The van der Waals surface area contributed by atoms with E-state index in [9.17, 15) is 4.79 Å². The minimum atomic E-state index is -0.263. The standard InChI is InChI=1S/C18H18ClN3O2/c19-14-5-3-12(4-6-14)17-20-10-13-11-22(8-7-15(13)21-17)18(23)16-2-1-9-24-16/h3-6,10,16H,1-2,7-9,11H2. The number of halogens is 1. The second-order valence-corrected chi connectivity index (χ2v) is 6.62. The first-order valence-electron chi connectivity index (χ1n) is 8.22. The summed E-state index contributed by atoms with van der Waals surface area (Å²) in [5, 5.41) is 0.694. The van der Waals surface area contributed by atoms with Crippen molar-refractivity contribution in [2.45, 2.75) is 31.9 Å². The van der Waals surface area contributed by atoms with Crippen molar-refractivity contribution in [3.05, 3.63) is 46.7 Å². The van der Waals surface area contributed by atoms with Crippen LogP contribution in [0.25, 0.3) is 11.4 Å². The molecule has 2 aromatic rings. The van der Waals surface area contributed by atoms with E-state index in [1.54, 1.807) is 0 Å². The number of fused-ring (bicyclic) bond motifs is 1. The largest absolute Gasteiger partial charge is 0.368 e. The number of nitrogens with zero attached hydrogens (tertiary/aromatic N) is 3. The Morgan fingerprint density at radius 3 is 2.88 bits per heavy atom. The Balaban J connectivity index is 1.53. The molecule has 6 heteroatoms. The summed E-state index contributed by atoms with van der Waals surface area (Å²) in [5.74, 6) is 0.796. The van der Waals surface area contributed by atoms with Crippen LogP contribution in [0.3, 0.4) is 0 Å². The molecule has 0 bridgehead atoms. The van der Waals surface area contributed by atoms with E-state index in [1.807, 2.05) is 35.4 Å². The van der Waals surface area contributed by atoms with Gasteiger partial charge in [-0.25, -0.2) is 9.97 Å². The Morgan fingerprint density at radius 1 is 1.29 bits per heavy atom. The number of hydrogen-bond acceptors (Lipinski definition) is 4. The first-order valence-corrected chi connectivity index (χ1v) is 8.59. The molecule has 1 amide bonds. The fourth-order valence-corrected chi connectivity index (χ4v) is 3.34. The number of benzene rings is 1. The van der Waals surface area contributed by atoms with Crippen LogP contribution in [0.15, 0.2) is 30.5 Å². The molecule has 5 nitrogen and oxygen atoms in total. The van der Waals surface area contributed by atoms with Crippen LogP contribution in [0.5, 0.6) is 0 Å². The van der Waals surface area contributed by atoms with Crippen LogP contribution in [0.1, 0.15) is 24.1 Å². The number of amides is 1. The van der Waals surface area contributed by atoms with Crippen LogP contribution in [0, 0.1) is 0 Å². The maximum Gasteiger partial charge on any atom is 0.252 e. The van der Waals surface area contributed by atoms with Crippen molar-refractivity contribution in [3.8, 4) is 11.4 Å². The predicted octanol–water partition coefficient (Wildman–Crippen LogP) is 2.86. The summed E-state index contributed by atoms with van der Waals surface area (Å²) in [6, 6.07) is 7.50. The molecule has 0 N–H and O–H groups in total. The molecule has 1 aromatic carbocycles. The van der Waals surface area contributed by atoms with Gasteiger partial charge in [0.25, 0.3) is 5.91 Å². The molecule has 0 saturated carbocycles. The molecule has 2 aliphatic rings. The van der Waals surface area contributed by atoms with E-state index in [-0.39, 0.29) is 12.0 Å². The Labute approximate surface area is 145 Å². The number of hydrogen-bond donors (Lipinski definition) is 0. The van der Waals surface area contributed by atoms with Gasteiger partial charge in [0.2, 0.25) is 0 Å². The van der Waals surface area contributed by atoms with Gasteiger partial charge in [-0.3, -0.25) is 4.79 Å². The maximum absolute atomic E-state index is 12.5. The van der Waals surface area contributed by atoms with E-state index < -0.39 is 0 Å². The molecule has 0 spiro atoms. The lowest BCUT2D eigenvalue weighted by Crippen LogP contribution is -2.42. The van der Waals surface area contributed by atoms with Gasteiger partial charge in [-0.1, -0.05) is 11.6 Å². The summed E-state index contributed by atoms with van der Waals surface area (Å²) >= 11 is 5.93. The third-order valence-corrected chi connectivity index (χ3v) is 4.81. The van der Waals surface area contributed by atoms with Gasteiger partial charge in [0, 0.05) is 48.5 Å². The third-order valence-electron chi connectivity index (χ3n) is 4.55. The van der Waals surface area contributed by atoms with Crippen LogP contribution in [-0.2, 0) is 22.5 Å². The van der Waals surface area contributed by atoms with Gasteiger partial charge in [-0.2, -0.15) is 0 Å². The van der Waals surface area contributed by atoms with Gasteiger partial charge < -0.3 is 9.64 Å². The molecule has 1 atom stereocenters. The van der Waals surface area contributed by atoms with Crippen molar-refractivity contribution in [2.75, 3.05) is 13.2 Å². The molecular weight excluding hydrogens is 326 g/mol. The molecule has 4 rings (SSSR count). The highest BCUT2D eigenvalue weighted by atomic mass is 35.5. The van der Waals surface area contributed by atoms with Crippen molar-refractivity contribution < 1.29 is 9.53 Å². The molecular formula is C18H18ClN3O2. The van der Waals surface area contributed by atoms with Crippen molar-refractivity contribution >= 4 is 17.5 Å². The molecule has 0 aliphatic carbocycles. The number of carbonyl (C=O) groups excluding carboxylic acids is 1. The fraction of sp³-hybridized carbons (Fsp3) is 0.389. The van der Waals surface area contributed by atoms with E-state index in [4.69, 9.17) is 16.3 Å². The van der Waals surface area contributed by atoms with Gasteiger partial charge in [-0.15, -0.1) is 0 Å². The van der Waals surface area contributed by atoms with Crippen molar-refractivity contribution in [1.29, 1.82) is 0 Å². The van der Waals surface area contributed by atoms with Gasteiger partial charge in [0.05, 0.1) is 5.69 Å². The van der Waals surface area contributed by atoms with E-state index in [0.717, 1.165) is 36.1 Å². The minimum Gasteiger partial charge on any atom is -0.368 e. The lowest BCUT2D eigenvalue weighted by Gasteiger charge is -2.30. The molecule has 1 saturated heterocycles. The SMILES string of the molecule is O=C(C1CCCO1)N1CCc2nc(-c3ccc(Cl)cc3)ncc2C1. The van der Waals surface area contributed by atoms with E-state index in [1.165, 1.54) is 0 Å². The van der Waals surface area contributed by atoms with E-state index >= 15 is 0 Å². The average Bonchev–Trinajstić information content (AvgIpc) is 3.15. The number of rotatable bonds is 2. The smallest absolute Gasteiger partial charge is 0.252 e. The molecule has 0 radical (unpaired) electrons. The number of ether oxygens (including phenoxy) is 1. The molecule has 1 unspecified atom stereocenters. The molecule has 3 heterocycles. The number of aromatic nitrogens is 2. The normalized spacial score (nSPS) is 20.0. The molecule has 124 valence electrons. The van der Waals surface area contributed by atoms with Crippen LogP contribution in [-0.4, -0.2) is 40.0 Å². The number of carbonyl (C=O) groups is 1. The van der Waals surface area contributed by atoms with Crippen molar-refractivity contribution in [2.24, 2.45) is 0 Å². The second-order valence-electron chi connectivity index (χ2n) is 6.18. The molecule has 1 aromatic heterocycles. The first kappa shape index (κ1) is 15.5. The minimum absolute atomic E-state index is 0.0972. The van der Waals surface area contributed by atoms with Crippen LogP contribution >= 0.6 is 11.6 Å². The van der Waals surface area contributed by atoms with Crippen LogP contribution in [0.2, 0.25) is 5.02 Å². The zero-order chi connectivity index (χ0) is 16.5. The highest BCUT2D eigenvalue weighted by Crippen LogP contribution is 2.24. The van der Waals surface area contributed by atoms with Crippen LogP contribution < -0.4 is 0 Å². The molecule has 2 aliphatic heterocycles. The van der Waals surface area contributed by atoms with Crippen molar-refractivity contribution in [1.82, 2.24) is 14.9 Å². The lowest BCUT2D eigenvalue weighted by atomic mass is 10.1. The zero-order valence-electron chi connectivity index (χ0n) is 13.2. The van der Waals surface area contributed by atoms with Crippen molar-refractivity contribution in [3.63, 3.8) is 0 Å². The van der Waals surface area contributed by atoms with Gasteiger partial charge in [0.1, 0.15) is 6.10 Å². The molecule has 1 fully saturated rings. The quantitative estimate of drug-likeness (QED) is 0.841. The van der Waals surface area contributed by atoms with E-state index in [2.05, 4.69) is 9.97 Å². The summed E-state index contributed by atoms with van der Waals surface area (Å²) in [4.78, 5) is 23.5. The Hall–Kier alpha value is -1.98. The monoisotopic (exact) mass is 343 g/mol. The zero-order valence-corrected chi connectivity index (χ0v) is 14.0. The van der Waals surface area contributed by atoms with E-state index in [0.29, 0.717) is 30.5 Å². The Kier molecular flexibility index (Phi) is 4.21. The first-order chi connectivity index (χ1) is 11.7.